The highest BCUT2D eigenvalue weighted by Crippen LogP contribution is 2.35. The molecular formula is C18H21F6NOS. The molecule has 0 bridgehead atoms. The largest absolute Gasteiger partial charge is 0.400 e. The van der Waals surface area contributed by atoms with Gasteiger partial charge in [0, 0.05) is 17.0 Å². The fraction of sp³-hybridized carbons (Fsp3) is 0.611. The molecule has 27 heavy (non-hydrogen) atoms. The van der Waals surface area contributed by atoms with Crippen LogP contribution in [0.25, 0.3) is 0 Å². The standard InChI is InChI=1S/C18H21F6NOS/c1-11-8-12(2)16(27(26)10-18(22,23)24)9-15(11)25-14(13-4-3-5-13)6-7-17(19,20)21/h8-9,13H,3-7,10H2,1-2H3. The van der Waals surface area contributed by atoms with Crippen LogP contribution in [0.3, 0.4) is 0 Å². The van der Waals surface area contributed by atoms with Crippen LogP contribution in [0.15, 0.2) is 22.0 Å². The molecular weight excluding hydrogens is 392 g/mol. The van der Waals surface area contributed by atoms with E-state index in [9.17, 15) is 30.6 Å². The minimum atomic E-state index is -4.57. The van der Waals surface area contributed by atoms with Crippen molar-refractivity contribution in [3.05, 3.63) is 23.3 Å². The molecule has 0 amide bonds. The Morgan fingerprint density at radius 2 is 1.70 bits per heavy atom. The van der Waals surface area contributed by atoms with E-state index < -0.39 is 35.3 Å². The summed E-state index contributed by atoms with van der Waals surface area (Å²) in [6.45, 7) is 3.24. The fourth-order valence-corrected chi connectivity index (χ4v) is 4.05. The zero-order chi connectivity index (χ0) is 20.4. The first-order valence-corrected chi connectivity index (χ1v) is 9.88. The van der Waals surface area contributed by atoms with E-state index in [2.05, 4.69) is 4.99 Å². The molecule has 0 N–H and O–H groups in total. The van der Waals surface area contributed by atoms with Crippen molar-refractivity contribution in [1.29, 1.82) is 0 Å². The van der Waals surface area contributed by atoms with Crippen molar-refractivity contribution in [1.82, 2.24) is 0 Å². The maximum absolute atomic E-state index is 12.6. The molecule has 2 nitrogen and oxygen atoms in total. The normalized spacial score (nSPS) is 17.7. The molecule has 0 spiro atoms. The van der Waals surface area contributed by atoms with Crippen LogP contribution in [0.1, 0.15) is 43.2 Å². The van der Waals surface area contributed by atoms with E-state index >= 15 is 0 Å². The van der Waals surface area contributed by atoms with Gasteiger partial charge in [-0.1, -0.05) is 12.5 Å². The summed E-state index contributed by atoms with van der Waals surface area (Å²) in [7, 11) is -2.29. The summed E-state index contributed by atoms with van der Waals surface area (Å²) in [5.41, 5.74) is 1.77. The van der Waals surface area contributed by atoms with Gasteiger partial charge in [0.25, 0.3) is 0 Å². The van der Waals surface area contributed by atoms with Crippen molar-refractivity contribution in [3.8, 4) is 0 Å². The van der Waals surface area contributed by atoms with Crippen molar-refractivity contribution in [2.75, 3.05) is 5.75 Å². The Labute approximate surface area is 156 Å². The summed E-state index contributed by atoms with van der Waals surface area (Å²) in [6, 6.07) is 2.89. The second-order valence-corrected chi connectivity index (χ2v) is 8.27. The molecule has 2 rings (SSSR count). The van der Waals surface area contributed by atoms with Gasteiger partial charge in [-0.3, -0.25) is 9.20 Å². The van der Waals surface area contributed by atoms with Crippen LogP contribution in [0.4, 0.5) is 32.0 Å². The first-order valence-electron chi connectivity index (χ1n) is 8.56. The van der Waals surface area contributed by atoms with Gasteiger partial charge in [0.1, 0.15) is 5.75 Å². The second-order valence-electron chi connectivity index (χ2n) is 6.86. The van der Waals surface area contributed by atoms with E-state index in [0.717, 1.165) is 19.3 Å². The van der Waals surface area contributed by atoms with Crippen molar-refractivity contribution in [2.45, 2.75) is 63.2 Å². The molecule has 1 atom stereocenters. The predicted molar refractivity (Wildman–Crippen MR) is 93.0 cm³/mol. The molecule has 1 aromatic rings. The summed E-state index contributed by atoms with van der Waals surface area (Å²) < 4.78 is 87.5. The lowest BCUT2D eigenvalue weighted by atomic mass is 9.80. The van der Waals surface area contributed by atoms with Crippen molar-refractivity contribution in [2.24, 2.45) is 10.9 Å². The minimum Gasteiger partial charge on any atom is -0.257 e. The van der Waals surface area contributed by atoms with E-state index in [1.165, 1.54) is 6.07 Å². The van der Waals surface area contributed by atoms with E-state index in [0.29, 0.717) is 16.8 Å². The number of benzene rings is 1. The van der Waals surface area contributed by atoms with Crippen LogP contribution < -0.4 is 0 Å². The van der Waals surface area contributed by atoms with E-state index in [1.54, 1.807) is 19.9 Å². The first-order chi connectivity index (χ1) is 12.4. The van der Waals surface area contributed by atoms with Gasteiger partial charge in [0.15, 0.2) is 0 Å². The number of nitrogens with zero attached hydrogens (tertiary/aromatic N) is 1. The van der Waals surface area contributed by atoms with Crippen molar-refractivity contribution >= 4 is 22.2 Å². The fourth-order valence-electron chi connectivity index (χ4n) is 2.93. The smallest absolute Gasteiger partial charge is 0.257 e. The first kappa shape index (κ1) is 21.9. The topological polar surface area (TPSA) is 29.4 Å². The molecule has 1 aliphatic rings. The monoisotopic (exact) mass is 413 g/mol. The molecule has 0 heterocycles. The number of aryl methyl sites for hydroxylation is 2. The number of hydrogen-bond acceptors (Lipinski definition) is 2. The van der Waals surface area contributed by atoms with Gasteiger partial charge in [-0.2, -0.15) is 26.3 Å². The SMILES string of the molecule is Cc1cc(C)c(S(=O)CC(F)(F)F)cc1N=C(CCC(F)(F)F)C1CCC1. The Hall–Kier alpha value is -1.38. The number of hydrogen-bond donors (Lipinski definition) is 0. The van der Waals surface area contributed by atoms with Crippen LogP contribution in [-0.2, 0) is 10.8 Å². The molecule has 0 aromatic heterocycles. The third-order valence-corrected chi connectivity index (χ3v) is 6.06. The Kier molecular flexibility index (Phi) is 6.76. The zero-order valence-electron chi connectivity index (χ0n) is 15.0. The van der Waals surface area contributed by atoms with Gasteiger partial charge in [0.2, 0.25) is 0 Å². The summed E-state index contributed by atoms with van der Waals surface area (Å²) in [5, 5.41) is 0. The Morgan fingerprint density at radius 3 is 2.19 bits per heavy atom. The highest BCUT2D eigenvalue weighted by atomic mass is 32.2. The van der Waals surface area contributed by atoms with E-state index in [1.807, 2.05) is 0 Å². The molecule has 9 heteroatoms. The summed E-state index contributed by atoms with van der Waals surface area (Å²) in [4.78, 5) is 4.38. The average molecular weight is 413 g/mol. The molecule has 1 unspecified atom stereocenters. The van der Waals surface area contributed by atoms with Gasteiger partial charge in [0.05, 0.1) is 16.5 Å². The maximum Gasteiger partial charge on any atom is 0.400 e. The summed E-state index contributed by atoms with van der Waals surface area (Å²) in [5.74, 6) is -1.50. The highest BCUT2D eigenvalue weighted by molar-refractivity contribution is 7.85. The average Bonchev–Trinajstić information content (AvgIpc) is 2.42. The third kappa shape index (κ3) is 6.62. The molecule has 1 saturated carbocycles. The second kappa shape index (κ2) is 8.32. The number of aliphatic imine (C=N–C) groups is 1. The van der Waals surface area contributed by atoms with E-state index in [4.69, 9.17) is 0 Å². The number of alkyl halides is 6. The number of rotatable bonds is 6. The molecule has 0 saturated heterocycles. The third-order valence-electron chi connectivity index (χ3n) is 4.54. The lowest BCUT2D eigenvalue weighted by molar-refractivity contribution is -0.133. The van der Waals surface area contributed by atoms with Crippen LogP contribution in [0.2, 0.25) is 0 Å². The molecule has 1 aromatic carbocycles. The molecule has 152 valence electrons. The minimum absolute atomic E-state index is 0.0143. The lowest BCUT2D eigenvalue weighted by Gasteiger charge is -2.27. The van der Waals surface area contributed by atoms with Crippen LogP contribution in [-0.4, -0.2) is 28.0 Å². The highest BCUT2D eigenvalue weighted by Gasteiger charge is 2.32. The summed E-state index contributed by atoms with van der Waals surface area (Å²) >= 11 is 0. The van der Waals surface area contributed by atoms with Gasteiger partial charge in [-0.05, 0) is 56.2 Å². The van der Waals surface area contributed by atoms with Gasteiger partial charge < -0.3 is 0 Å². The molecule has 1 fully saturated rings. The Morgan fingerprint density at radius 1 is 1.07 bits per heavy atom. The Bertz CT molecular complexity index is 735. The molecule has 0 aliphatic heterocycles. The van der Waals surface area contributed by atoms with Gasteiger partial charge in [-0.15, -0.1) is 0 Å². The zero-order valence-corrected chi connectivity index (χ0v) is 15.8. The van der Waals surface area contributed by atoms with Gasteiger partial charge in [-0.25, -0.2) is 0 Å². The quantitative estimate of drug-likeness (QED) is 0.404. The van der Waals surface area contributed by atoms with Crippen molar-refractivity contribution < 1.29 is 30.6 Å². The van der Waals surface area contributed by atoms with E-state index in [-0.39, 0.29) is 22.9 Å². The van der Waals surface area contributed by atoms with Crippen LogP contribution in [0.5, 0.6) is 0 Å². The molecule has 0 radical (unpaired) electrons. The molecule has 1 aliphatic carbocycles. The lowest BCUT2D eigenvalue weighted by Crippen LogP contribution is -2.24. The van der Waals surface area contributed by atoms with Crippen molar-refractivity contribution in [3.63, 3.8) is 0 Å². The Balaban J connectivity index is 2.35. The summed E-state index contributed by atoms with van der Waals surface area (Å²) in [6.07, 6.45) is -7.66. The van der Waals surface area contributed by atoms with Gasteiger partial charge >= 0.3 is 12.4 Å². The van der Waals surface area contributed by atoms with Crippen LogP contribution in [0, 0.1) is 19.8 Å². The number of halogens is 6. The maximum atomic E-state index is 12.6. The van der Waals surface area contributed by atoms with Crippen LogP contribution >= 0.6 is 0 Å². The predicted octanol–water partition coefficient (Wildman–Crippen LogP) is 6.19.